The number of nitrogens with one attached hydrogen (secondary N) is 1. The molecule has 5 nitrogen and oxygen atoms in total. The Morgan fingerprint density at radius 1 is 1.30 bits per heavy atom. The summed E-state index contributed by atoms with van der Waals surface area (Å²) >= 11 is 0. The lowest BCUT2D eigenvalue weighted by atomic mass is 9.78. The zero-order valence-electron chi connectivity index (χ0n) is 14.0. The molecule has 1 atom stereocenters. The summed E-state index contributed by atoms with van der Waals surface area (Å²) < 4.78 is 4.97. The number of carbonyl (C=O) groups is 2. The number of carbonyl (C=O) groups excluding carboxylic acids is 2. The van der Waals surface area contributed by atoms with E-state index in [0.717, 1.165) is 12.0 Å². The lowest BCUT2D eigenvalue weighted by Gasteiger charge is -2.36. The van der Waals surface area contributed by atoms with Crippen molar-refractivity contribution in [2.45, 2.75) is 24.8 Å². The highest BCUT2D eigenvalue weighted by Gasteiger charge is 2.43. The van der Waals surface area contributed by atoms with E-state index in [-0.39, 0.29) is 11.9 Å². The Morgan fingerprint density at radius 3 is 2.65 bits per heavy atom. The molecule has 23 heavy (non-hydrogen) atoms. The van der Waals surface area contributed by atoms with Crippen LogP contribution in [0.25, 0.3) is 0 Å². The third kappa shape index (κ3) is 4.20. The van der Waals surface area contributed by atoms with Gasteiger partial charge in [0.1, 0.15) is 5.54 Å². The normalized spacial score (nSPS) is 20.3. The summed E-state index contributed by atoms with van der Waals surface area (Å²) in [5.41, 5.74) is 1.33. The molecule has 0 heterocycles. The van der Waals surface area contributed by atoms with E-state index in [4.69, 9.17) is 4.74 Å². The molecular formula is C18H24N2O3. The first-order chi connectivity index (χ1) is 11.0. The SMILES string of the molecule is COC(=O)C1(NC(=O)/C=C/CN(C)C)CCc2ccccc2C1. The molecule has 2 rings (SSSR count). The minimum Gasteiger partial charge on any atom is -0.467 e. The molecule has 0 aliphatic heterocycles. The van der Waals surface area contributed by atoms with Gasteiger partial charge in [-0.3, -0.25) is 4.79 Å². The number of fused-ring (bicyclic) bond motifs is 1. The summed E-state index contributed by atoms with van der Waals surface area (Å²) in [6.07, 6.45) is 5.00. The van der Waals surface area contributed by atoms with Crippen LogP contribution in [0.5, 0.6) is 0 Å². The van der Waals surface area contributed by atoms with E-state index in [0.29, 0.717) is 19.4 Å². The summed E-state index contributed by atoms with van der Waals surface area (Å²) in [4.78, 5) is 26.5. The van der Waals surface area contributed by atoms with E-state index in [1.807, 2.05) is 37.2 Å². The van der Waals surface area contributed by atoms with E-state index in [1.54, 1.807) is 6.08 Å². The molecule has 1 aromatic rings. The van der Waals surface area contributed by atoms with Gasteiger partial charge in [-0.15, -0.1) is 0 Å². The lowest BCUT2D eigenvalue weighted by molar-refractivity contribution is -0.151. The number of rotatable bonds is 5. The Bertz CT molecular complexity index is 610. The van der Waals surface area contributed by atoms with Gasteiger partial charge in [-0.2, -0.15) is 0 Å². The van der Waals surface area contributed by atoms with Crippen molar-refractivity contribution in [2.75, 3.05) is 27.7 Å². The van der Waals surface area contributed by atoms with Crippen molar-refractivity contribution in [3.05, 3.63) is 47.5 Å². The molecule has 124 valence electrons. The largest absolute Gasteiger partial charge is 0.467 e. The van der Waals surface area contributed by atoms with Crippen LogP contribution in [0.15, 0.2) is 36.4 Å². The summed E-state index contributed by atoms with van der Waals surface area (Å²) in [5.74, 6) is -0.655. The highest BCUT2D eigenvalue weighted by Crippen LogP contribution is 2.29. The summed E-state index contributed by atoms with van der Waals surface area (Å²) in [7, 11) is 5.21. The predicted molar refractivity (Wildman–Crippen MR) is 89.1 cm³/mol. The van der Waals surface area contributed by atoms with Crippen molar-refractivity contribution in [3.63, 3.8) is 0 Å². The Hall–Kier alpha value is -2.14. The van der Waals surface area contributed by atoms with Crippen LogP contribution < -0.4 is 5.32 Å². The zero-order chi connectivity index (χ0) is 16.9. The molecule has 0 aromatic heterocycles. The van der Waals surface area contributed by atoms with Gasteiger partial charge in [0.15, 0.2) is 0 Å². The predicted octanol–water partition coefficient (Wildman–Crippen LogP) is 1.32. The quantitative estimate of drug-likeness (QED) is 0.657. The van der Waals surface area contributed by atoms with E-state index in [1.165, 1.54) is 18.7 Å². The third-order valence-corrected chi connectivity index (χ3v) is 4.11. The summed E-state index contributed by atoms with van der Waals surface area (Å²) in [6, 6.07) is 8.01. The van der Waals surface area contributed by atoms with Gasteiger partial charge in [0.2, 0.25) is 5.91 Å². The number of benzene rings is 1. The van der Waals surface area contributed by atoms with Gasteiger partial charge in [0.05, 0.1) is 7.11 Å². The monoisotopic (exact) mass is 316 g/mol. The van der Waals surface area contributed by atoms with Crippen molar-refractivity contribution < 1.29 is 14.3 Å². The van der Waals surface area contributed by atoms with Crippen molar-refractivity contribution in [3.8, 4) is 0 Å². The molecule has 0 bridgehead atoms. The second-order valence-electron chi connectivity index (χ2n) is 6.17. The Balaban J connectivity index is 2.17. The maximum absolute atomic E-state index is 12.3. The summed E-state index contributed by atoms with van der Waals surface area (Å²) in [5, 5.41) is 2.88. The number of aryl methyl sites for hydroxylation is 1. The van der Waals surface area contributed by atoms with Crippen molar-refractivity contribution in [1.29, 1.82) is 0 Å². The zero-order valence-corrected chi connectivity index (χ0v) is 14.0. The molecule has 1 N–H and O–H groups in total. The van der Waals surface area contributed by atoms with Gasteiger partial charge < -0.3 is 15.0 Å². The molecule has 1 aliphatic rings. The fourth-order valence-corrected chi connectivity index (χ4v) is 2.91. The van der Waals surface area contributed by atoms with Gasteiger partial charge in [-0.1, -0.05) is 30.3 Å². The number of methoxy groups -OCH3 is 1. The van der Waals surface area contributed by atoms with Crippen LogP contribution in [0, 0.1) is 0 Å². The van der Waals surface area contributed by atoms with E-state index in [9.17, 15) is 9.59 Å². The van der Waals surface area contributed by atoms with E-state index in [2.05, 4.69) is 11.4 Å². The average Bonchev–Trinajstić information content (AvgIpc) is 2.53. The number of amides is 1. The lowest BCUT2D eigenvalue weighted by Crippen LogP contribution is -2.58. The fourth-order valence-electron chi connectivity index (χ4n) is 2.91. The Kier molecular flexibility index (Phi) is 5.55. The van der Waals surface area contributed by atoms with Crippen molar-refractivity contribution >= 4 is 11.9 Å². The molecule has 1 amide bonds. The molecule has 0 fully saturated rings. The molecule has 5 heteroatoms. The van der Waals surface area contributed by atoms with Crippen LogP contribution in [-0.4, -0.2) is 50.1 Å². The number of hydrogen-bond acceptors (Lipinski definition) is 4. The average molecular weight is 316 g/mol. The number of ether oxygens (including phenoxy) is 1. The molecule has 1 unspecified atom stereocenters. The number of hydrogen-bond donors (Lipinski definition) is 1. The minimum absolute atomic E-state index is 0.267. The Labute approximate surface area is 137 Å². The third-order valence-electron chi connectivity index (χ3n) is 4.11. The number of nitrogens with zero attached hydrogens (tertiary/aromatic N) is 1. The molecular weight excluding hydrogens is 292 g/mol. The standard InChI is InChI=1S/C18H24N2O3/c1-20(2)12-6-9-16(21)19-18(17(22)23-3)11-10-14-7-4-5-8-15(14)13-18/h4-9H,10-13H2,1-3H3,(H,19,21)/b9-6+. The molecule has 1 aliphatic carbocycles. The van der Waals surface area contributed by atoms with E-state index >= 15 is 0 Å². The Morgan fingerprint density at radius 2 is 2.00 bits per heavy atom. The van der Waals surface area contributed by atoms with Crippen LogP contribution >= 0.6 is 0 Å². The van der Waals surface area contributed by atoms with Gasteiger partial charge in [-0.25, -0.2) is 4.79 Å². The molecule has 0 saturated heterocycles. The number of esters is 1. The first-order valence-electron chi connectivity index (χ1n) is 7.75. The van der Waals surface area contributed by atoms with Crippen molar-refractivity contribution in [1.82, 2.24) is 10.2 Å². The van der Waals surface area contributed by atoms with Gasteiger partial charge in [0.25, 0.3) is 0 Å². The maximum atomic E-state index is 12.3. The minimum atomic E-state index is -0.983. The maximum Gasteiger partial charge on any atom is 0.331 e. The number of likely N-dealkylation sites (N-methyl/N-ethyl adjacent to an activating group) is 1. The first kappa shape index (κ1) is 17.2. The van der Waals surface area contributed by atoms with Gasteiger partial charge in [-0.05, 0) is 38.1 Å². The van der Waals surface area contributed by atoms with Crippen LogP contribution in [0.1, 0.15) is 17.5 Å². The topological polar surface area (TPSA) is 58.6 Å². The van der Waals surface area contributed by atoms with Crippen LogP contribution in [0.2, 0.25) is 0 Å². The van der Waals surface area contributed by atoms with Crippen LogP contribution in [-0.2, 0) is 27.2 Å². The fraction of sp³-hybridized carbons (Fsp3) is 0.444. The molecule has 1 aromatic carbocycles. The van der Waals surface area contributed by atoms with Crippen LogP contribution in [0.4, 0.5) is 0 Å². The highest BCUT2D eigenvalue weighted by atomic mass is 16.5. The second kappa shape index (κ2) is 7.42. The molecule has 0 saturated carbocycles. The highest BCUT2D eigenvalue weighted by molar-refractivity contribution is 5.94. The summed E-state index contributed by atoms with van der Waals surface area (Å²) in [6.45, 7) is 0.668. The molecule has 0 radical (unpaired) electrons. The van der Waals surface area contributed by atoms with Gasteiger partial charge >= 0.3 is 5.97 Å². The molecule has 0 spiro atoms. The smallest absolute Gasteiger partial charge is 0.331 e. The van der Waals surface area contributed by atoms with Crippen molar-refractivity contribution in [2.24, 2.45) is 0 Å². The first-order valence-corrected chi connectivity index (χ1v) is 7.75. The van der Waals surface area contributed by atoms with Crippen LogP contribution in [0.3, 0.4) is 0 Å². The van der Waals surface area contributed by atoms with Gasteiger partial charge in [0, 0.05) is 19.0 Å². The van der Waals surface area contributed by atoms with E-state index < -0.39 is 5.54 Å². The second-order valence-corrected chi connectivity index (χ2v) is 6.17.